The van der Waals surface area contributed by atoms with Gasteiger partial charge in [0, 0.05) is 17.7 Å². The van der Waals surface area contributed by atoms with Gasteiger partial charge in [-0.2, -0.15) is 0 Å². The van der Waals surface area contributed by atoms with Crippen molar-refractivity contribution in [1.29, 1.82) is 0 Å². The van der Waals surface area contributed by atoms with E-state index in [4.69, 9.17) is 4.74 Å². The molecule has 0 bridgehead atoms. The quantitative estimate of drug-likeness (QED) is 0.867. The lowest BCUT2D eigenvalue weighted by Gasteiger charge is -2.03. The molecule has 4 nitrogen and oxygen atoms in total. The van der Waals surface area contributed by atoms with Crippen molar-refractivity contribution in [3.05, 3.63) is 45.9 Å². The second-order valence-electron chi connectivity index (χ2n) is 3.55. The standard InChI is InChI=1S/C13H11BrN2O2S/c1-18-11-4-2-9(8-10(11)14)3-5-12(17)16-13-15-6-7-19-13/h2-8H,1H3,(H,15,16,17)/b5-3+. The van der Waals surface area contributed by atoms with Gasteiger partial charge in [0.2, 0.25) is 5.91 Å². The smallest absolute Gasteiger partial charge is 0.250 e. The molecule has 1 aromatic carbocycles. The summed E-state index contributed by atoms with van der Waals surface area (Å²) in [5, 5.41) is 5.07. The molecule has 2 aromatic rings. The summed E-state index contributed by atoms with van der Waals surface area (Å²) in [6, 6.07) is 5.59. The normalized spacial score (nSPS) is 10.6. The van der Waals surface area contributed by atoms with Crippen LogP contribution >= 0.6 is 27.3 Å². The number of anilines is 1. The van der Waals surface area contributed by atoms with Crippen LogP contribution < -0.4 is 10.1 Å². The fourth-order valence-corrected chi connectivity index (χ4v) is 2.48. The van der Waals surface area contributed by atoms with E-state index in [1.807, 2.05) is 18.2 Å². The lowest BCUT2D eigenvalue weighted by atomic mass is 10.2. The van der Waals surface area contributed by atoms with Gasteiger partial charge in [0.05, 0.1) is 11.6 Å². The van der Waals surface area contributed by atoms with Crippen LogP contribution in [-0.4, -0.2) is 18.0 Å². The molecule has 6 heteroatoms. The third-order valence-corrected chi connectivity index (χ3v) is 3.57. The number of halogens is 1. The van der Waals surface area contributed by atoms with Crippen molar-refractivity contribution in [2.45, 2.75) is 0 Å². The molecule has 0 saturated heterocycles. The van der Waals surface area contributed by atoms with Crippen molar-refractivity contribution < 1.29 is 9.53 Å². The number of nitrogens with zero attached hydrogens (tertiary/aromatic N) is 1. The Labute approximate surface area is 123 Å². The van der Waals surface area contributed by atoms with E-state index in [9.17, 15) is 4.79 Å². The van der Waals surface area contributed by atoms with Gasteiger partial charge in [-0.3, -0.25) is 10.1 Å². The Morgan fingerprint density at radius 3 is 3.00 bits per heavy atom. The summed E-state index contributed by atoms with van der Waals surface area (Å²) in [5.74, 6) is 0.547. The van der Waals surface area contributed by atoms with Crippen LogP contribution in [0.25, 0.3) is 6.08 Å². The maximum absolute atomic E-state index is 11.6. The van der Waals surface area contributed by atoms with Gasteiger partial charge in [-0.1, -0.05) is 6.07 Å². The van der Waals surface area contributed by atoms with E-state index in [0.29, 0.717) is 5.13 Å². The number of nitrogens with one attached hydrogen (secondary N) is 1. The number of carbonyl (C=O) groups is 1. The fourth-order valence-electron chi connectivity index (χ4n) is 1.39. The summed E-state index contributed by atoms with van der Waals surface area (Å²) in [6.07, 6.45) is 4.84. The van der Waals surface area contributed by atoms with Gasteiger partial charge in [-0.25, -0.2) is 4.98 Å². The van der Waals surface area contributed by atoms with Crippen molar-refractivity contribution in [3.63, 3.8) is 0 Å². The molecule has 0 fully saturated rings. The molecule has 0 spiro atoms. The lowest BCUT2D eigenvalue weighted by Crippen LogP contribution is -2.07. The average molecular weight is 339 g/mol. The minimum absolute atomic E-state index is 0.207. The first-order valence-corrected chi connectivity index (χ1v) is 7.08. The molecule has 0 aliphatic heterocycles. The van der Waals surface area contributed by atoms with E-state index in [-0.39, 0.29) is 5.91 Å². The van der Waals surface area contributed by atoms with Crippen LogP contribution in [0.4, 0.5) is 5.13 Å². The molecule has 0 unspecified atom stereocenters. The number of thiazole rings is 1. The first kappa shape index (κ1) is 13.8. The SMILES string of the molecule is COc1ccc(/C=C/C(=O)Nc2nccs2)cc1Br. The Kier molecular flexibility index (Phi) is 4.70. The first-order chi connectivity index (χ1) is 9.19. The molecule has 0 atom stereocenters. The Morgan fingerprint density at radius 1 is 1.53 bits per heavy atom. The van der Waals surface area contributed by atoms with Crippen molar-refractivity contribution in [3.8, 4) is 5.75 Å². The molecular formula is C13H11BrN2O2S. The van der Waals surface area contributed by atoms with E-state index in [1.54, 1.807) is 24.8 Å². The molecule has 2 rings (SSSR count). The van der Waals surface area contributed by atoms with Gasteiger partial charge in [-0.15, -0.1) is 11.3 Å². The zero-order valence-corrected chi connectivity index (χ0v) is 12.5. The monoisotopic (exact) mass is 338 g/mol. The van der Waals surface area contributed by atoms with E-state index < -0.39 is 0 Å². The second-order valence-corrected chi connectivity index (χ2v) is 5.30. The fraction of sp³-hybridized carbons (Fsp3) is 0.0769. The zero-order valence-electron chi connectivity index (χ0n) is 10.1. The molecule has 0 aliphatic carbocycles. The van der Waals surface area contributed by atoms with Crippen molar-refractivity contribution >= 4 is 44.4 Å². The number of carbonyl (C=O) groups excluding carboxylic acids is 1. The van der Waals surface area contributed by atoms with Gasteiger partial charge >= 0.3 is 0 Å². The van der Waals surface area contributed by atoms with Crippen LogP contribution in [0.3, 0.4) is 0 Å². The molecule has 19 heavy (non-hydrogen) atoms. The highest BCUT2D eigenvalue weighted by Crippen LogP contribution is 2.25. The number of methoxy groups -OCH3 is 1. The molecule has 98 valence electrons. The molecule has 0 saturated carbocycles. The minimum atomic E-state index is -0.207. The number of hydrogen-bond donors (Lipinski definition) is 1. The molecule has 1 amide bonds. The van der Waals surface area contributed by atoms with Crippen LogP contribution in [0.2, 0.25) is 0 Å². The summed E-state index contributed by atoms with van der Waals surface area (Å²) in [5.41, 5.74) is 0.905. The van der Waals surface area contributed by atoms with Crippen LogP contribution in [0.5, 0.6) is 5.75 Å². The molecule has 1 heterocycles. The van der Waals surface area contributed by atoms with Gasteiger partial charge in [0.1, 0.15) is 5.75 Å². The maximum atomic E-state index is 11.6. The zero-order chi connectivity index (χ0) is 13.7. The highest BCUT2D eigenvalue weighted by Gasteiger charge is 2.01. The van der Waals surface area contributed by atoms with Gasteiger partial charge in [0.25, 0.3) is 0 Å². The summed E-state index contributed by atoms with van der Waals surface area (Å²) >= 11 is 4.77. The number of hydrogen-bond acceptors (Lipinski definition) is 4. The van der Waals surface area contributed by atoms with E-state index in [0.717, 1.165) is 15.8 Å². The predicted octanol–water partition coefficient (Wildman–Crippen LogP) is 3.57. The molecule has 1 aromatic heterocycles. The molecule has 0 radical (unpaired) electrons. The van der Waals surface area contributed by atoms with Crippen molar-refractivity contribution in [2.24, 2.45) is 0 Å². The van der Waals surface area contributed by atoms with Crippen LogP contribution in [-0.2, 0) is 4.79 Å². The molecular weight excluding hydrogens is 328 g/mol. The Hall–Kier alpha value is -1.66. The van der Waals surface area contributed by atoms with Crippen LogP contribution in [0.1, 0.15) is 5.56 Å². The van der Waals surface area contributed by atoms with E-state index in [2.05, 4.69) is 26.2 Å². The number of aromatic nitrogens is 1. The van der Waals surface area contributed by atoms with Gasteiger partial charge in [0.15, 0.2) is 5.13 Å². The molecule has 1 N–H and O–H groups in total. The maximum Gasteiger partial charge on any atom is 0.250 e. The second kappa shape index (κ2) is 6.49. The number of ether oxygens (including phenoxy) is 1. The summed E-state index contributed by atoms with van der Waals surface area (Å²) in [6.45, 7) is 0. The van der Waals surface area contributed by atoms with Crippen LogP contribution in [0, 0.1) is 0 Å². The highest BCUT2D eigenvalue weighted by molar-refractivity contribution is 9.10. The number of amides is 1. The third-order valence-electron chi connectivity index (χ3n) is 2.27. The third kappa shape index (κ3) is 3.90. The summed E-state index contributed by atoms with van der Waals surface area (Å²) in [7, 11) is 1.61. The number of benzene rings is 1. The first-order valence-electron chi connectivity index (χ1n) is 5.41. The summed E-state index contributed by atoms with van der Waals surface area (Å²) in [4.78, 5) is 15.6. The Morgan fingerprint density at radius 2 is 2.37 bits per heavy atom. The van der Waals surface area contributed by atoms with E-state index >= 15 is 0 Å². The lowest BCUT2D eigenvalue weighted by molar-refractivity contribution is -0.111. The number of rotatable bonds is 4. The highest BCUT2D eigenvalue weighted by atomic mass is 79.9. The van der Waals surface area contributed by atoms with Gasteiger partial charge in [-0.05, 0) is 39.7 Å². The van der Waals surface area contributed by atoms with Crippen molar-refractivity contribution in [2.75, 3.05) is 12.4 Å². The van der Waals surface area contributed by atoms with Gasteiger partial charge < -0.3 is 4.74 Å². The Balaban J connectivity index is 2.02. The topological polar surface area (TPSA) is 51.2 Å². The predicted molar refractivity (Wildman–Crippen MR) is 80.5 cm³/mol. The average Bonchev–Trinajstić information content (AvgIpc) is 2.89. The van der Waals surface area contributed by atoms with Crippen molar-refractivity contribution in [1.82, 2.24) is 4.98 Å². The Bertz CT molecular complexity index is 597. The van der Waals surface area contributed by atoms with E-state index in [1.165, 1.54) is 17.4 Å². The largest absolute Gasteiger partial charge is 0.496 e. The molecule has 0 aliphatic rings. The summed E-state index contributed by atoms with van der Waals surface area (Å²) < 4.78 is 5.98. The van der Waals surface area contributed by atoms with Crippen LogP contribution in [0.15, 0.2) is 40.3 Å². The minimum Gasteiger partial charge on any atom is -0.496 e.